The van der Waals surface area contributed by atoms with Crippen molar-refractivity contribution in [3.8, 4) is 16.9 Å². The molecular formula is C25H27Cl2FN4O. The summed E-state index contributed by atoms with van der Waals surface area (Å²) in [4.78, 5) is 15.6. The lowest BCUT2D eigenvalue weighted by Gasteiger charge is -2.33. The molecule has 33 heavy (non-hydrogen) atoms. The molecule has 2 heterocycles. The molecular weight excluding hydrogens is 462 g/mol. The monoisotopic (exact) mass is 488 g/mol. The number of nitrogens with zero attached hydrogens (tertiary/aromatic N) is 3. The summed E-state index contributed by atoms with van der Waals surface area (Å²) in [6.45, 7) is 4.88. The van der Waals surface area contributed by atoms with E-state index in [2.05, 4.69) is 22.2 Å². The van der Waals surface area contributed by atoms with Gasteiger partial charge in [-0.15, -0.1) is 0 Å². The lowest BCUT2D eigenvalue weighted by Crippen LogP contribution is -2.39. The highest BCUT2D eigenvalue weighted by Crippen LogP contribution is 2.28. The van der Waals surface area contributed by atoms with E-state index in [1.807, 2.05) is 0 Å². The van der Waals surface area contributed by atoms with Gasteiger partial charge in [0, 0.05) is 24.7 Å². The predicted octanol–water partition coefficient (Wildman–Crippen LogP) is 5.98. The summed E-state index contributed by atoms with van der Waals surface area (Å²) in [5, 5.41) is 8.26. The zero-order valence-corrected chi connectivity index (χ0v) is 20.0. The normalized spacial score (nSPS) is 16.7. The van der Waals surface area contributed by atoms with Gasteiger partial charge in [0.15, 0.2) is 0 Å². The molecule has 0 saturated carbocycles. The standard InChI is InChI=1S/C25H27Cl2FN4O/c1-17-7-4-5-13-31(17)14-6-12-29-25(33)24-16-23(19-8-2-3-9-22(19)28)30-32(24)18-10-11-20(26)21(27)15-18/h2-3,8-11,15-17H,4-7,12-14H2,1H3,(H,29,33). The Hall–Kier alpha value is -2.41. The van der Waals surface area contributed by atoms with Gasteiger partial charge >= 0.3 is 0 Å². The van der Waals surface area contributed by atoms with Gasteiger partial charge in [-0.3, -0.25) is 4.79 Å². The average molecular weight is 489 g/mol. The maximum atomic E-state index is 14.4. The van der Waals surface area contributed by atoms with E-state index in [9.17, 15) is 9.18 Å². The molecule has 3 aromatic rings. The maximum Gasteiger partial charge on any atom is 0.270 e. The maximum absolute atomic E-state index is 14.4. The Kier molecular flexibility index (Phi) is 7.68. The number of hydrogen-bond acceptors (Lipinski definition) is 3. The zero-order valence-electron chi connectivity index (χ0n) is 18.5. The third-order valence-electron chi connectivity index (χ3n) is 6.09. The van der Waals surface area contributed by atoms with Crippen molar-refractivity contribution in [1.82, 2.24) is 20.0 Å². The average Bonchev–Trinajstić information content (AvgIpc) is 3.25. The van der Waals surface area contributed by atoms with Gasteiger partial charge in [-0.05, 0) is 69.1 Å². The van der Waals surface area contributed by atoms with Crippen molar-refractivity contribution in [3.05, 3.63) is 70.1 Å². The first-order valence-electron chi connectivity index (χ1n) is 11.3. The molecule has 1 N–H and O–H groups in total. The Morgan fingerprint density at radius 2 is 1.97 bits per heavy atom. The first-order chi connectivity index (χ1) is 15.9. The van der Waals surface area contributed by atoms with Crippen molar-refractivity contribution in [2.45, 2.75) is 38.6 Å². The van der Waals surface area contributed by atoms with Gasteiger partial charge < -0.3 is 10.2 Å². The van der Waals surface area contributed by atoms with Crippen LogP contribution in [0.2, 0.25) is 10.0 Å². The number of nitrogens with one attached hydrogen (secondary N) is 1. The van der Waals surface area contributed by atoms with Crippen molar-refractivity contribution < 1.29 is 9.18 Å². The van der Waals surface area contributed by atoms with Crippen LogP contribution in [-0.2, 0) is 0 Å². The van der Waals surface area contributed by atoms with Crippen LogP contribution in [-0.4, -0.2) is 46.3 Å². The summed E-state index contributed by atoms with van der Waals surface area (Å²) in [5.74, 6) is -0.679. The van der Waals surface area contributed by atoms with Gasteiger partial charge in [-0.2, -0.15) is 5.10 Å². The molecule has 1 atom stereocenters. The van der Waals surface area contributed by atoms with Crippen LogP contribution in [0.25, 0.3) is 16.9 Å². The minimum absolute atomic E-state index is 0.275. The summed E-state index contributed by atoms with van der Waals surface area (Å²) in [6, 6.07) is 13.6. The summed E-state index contributed by atoms with van der Waals surface area (Å²) in [5.41, 5.74) is 1.56. The molecule has 1 saturated heterocycles. The number of benzene rings is 2. The van der Waals surface area contributed by atoms with E-state index >= 15 is 0 Å². The number of rotatable bonds is 7. The molecule has 1 aliphatic rings. The number of carbonyl (C=O) groups is 1. The van der Waals surface area contributed by atoms with Crippen LogP contribution in [0.5, 0.6) is 0 Å². The highest BCUT2D eigenvalue weighted by atomic mass is 35.5. The predicted molar refractivity (Wildman–Crippen MR) is 131 cm³/mol. The fraction of sp³-hybridized carbons (Fsp3) is 0.360. The molecule has 0 aliphatic carbocycles. The molecule has 0 spiro atoms. The van der Waals surface area contributed by atoms with Gasteiger partial charge in [0.25, 0.3) is 5.91 Å². The van der Waals surface area contributed by atoms with Gasteiger partial charge in [-0.1, -0.05) is 41.8 Å². The third kappa shape index (κ3) is 5.57. The number of hydrogen-bond donors (Lipinski definition) is 1. The summed E-state index contributed by atoms with van der Waals surface area (Å²) in [6.07, 6.45) is 4.61. The second-order valence-corrected chi connectivity index (χ2v) is 9.21. The number of amides is 1. The molecule has 4 rings (SSSR count). The molecule has 0 bridgehead atoms. The molecule has 2 aromatic carbocycles. The Bertz CT molecular complexity index is 1130. The topological polar surface area (TPSA) is 50.2 Å². The molecule has 0 radical (unpaired) electrons. The number of halogens is 3. The van der Waals surface area contributed by atoms with Gasteiger partial charge in [0.2, 0.25) is 0 Å². The molecule has 174 valence electrons. The quantitative estimate of drug-likeness (QED) is 0.416. The van der Waals surface area contributed by atoms with Gasteiger partial charge in [-0.25, -0.2) is 9.07 Å². The lowest BCUT2D eigenvalue weighted by atomic mass is 10.0. The minimum atomic E-state index is -0.404. The van der Waals surface area contributed by atoms with E-state index in [1.54, 1.807) is 42.5 Å². The summed E-state index contributed by atoms with van der Waals surface area (Å²) >= 11 is 12.3. The van der Waals surface area contributed by atoms with Crippen LogP contribution < -0.4 is 5.32 Å². The molecule has 1 amide bonds. The Balaban J connectivity index is 1.54. The van der Waals surface area contributed by atoms with E-state index < -0.39 is 5.82 Å². The van der Waals surface area contributed by atoms with Crippen molar-refractivity contribution in [3.63, 3.8) is 0 Å². The van der Waals surface area contributed by atoms with Crippen molar-refractivity contribution in [2.24, 2.45) is 0 Å². The summed E-state index contributed by atoms with van der Waals surface area (Å²) in [7, 11) is 0. The Morgan fingerprint density at radius 3 is 2.73 bits per heavy atom. The SMILES string of the molecule is CC1CCCCN1CCCNC(=O)c1cc(-c2ccccc2F)nn1-c1ccc(Cl)c(Cl)c1. The van der Waals surface area contributed by atoms with Crippen LogP contribution in [0.4, 0.5) is 4.39 Å². The van der Waals surface area contributed by atoms with Crippen LogP contribution in [0, 0.1) is 5.82 Å². The van der Waals surface area contributed by atoms with Crippen molar-refractivity contribution in [2.75, 3.05) is 19.6 Å². The minimum Gasteiger partial charge on any atom is -0.351 e. The van der Waals surface area contributed by atoms with Crippen LogP contribution in [0.15, 0.2) is 48.5 Å². The van der Waals surface area contributed by atoms with Crippen LogP contribution >= 0.6 is 23.2 Å². The Labute approximate surface area is 203 Å². The highest BCUT2D eigenvalue weighted by molar-refractivity contribution is 6.42. The molecule has 5 nitrogen and oxygen atoms in total. The van der Waals surface area contributed by atoms with Crippen LogP contribution in [0.3, 0.4) is 0 Å². The van der Waals surface area contributed by atoms with E-state index in [-0.39, 0.29) is 5.91 Å². The van der Waals surface area contributed by atoms with Crippen molar-refractivity contribution >= 4 is 29.1 Å². The molecule has 1 aliphatic heterocycles. The van der Waals surface area contributed by atoms with E-state index in [0.29, 0.717) is 45.3 Å². The van der Waals surface area contributed by atoms with E-state index in [4.69, 9.17) is 23.2 Å². The molecule has 8 heteroatoms. The fourth-order valence-corrected chi connectivity index (χ4v) is 4.51. The first-order valence-corrected chi connectivity index (χ1v) is 12.0. The van der Waals surface area contributed by atoms with Crippen molar-refractivity contribution in [1.29, 1.82) is 0 Å². The van der Waals surface area contributed by atoms with E-state index in [0.717, 1.165) is 19.5 Å². The highest BCUT2D eigenvalue weighted by Gasteiger charge is 2.20. The number of carbonyl (C=O) groups excluding carboxylic acids is 1. The number of aromatic nitrogens is 2. The molecule has 1 aromatic heterocycles. The molecule has 1 fully saturated rings. The second-order valence-electron chi connectivity index (χ2n) is 8.40. The summed E-state index contributed by atoms with van der Waals surface area (Å²) < 4.78 is 15.9. The lowest BCUT2D eigenvalue weighted by molar-refractivity contribution is 0.0941. The van der Waals surface area contributed by atoms with E-state index in [1.165, 1.54) is 30.0 Å². The third-order valence-corrected chi connectivity index (χ3v) is 6.83. The Morgan fingerprint density at radius 1 is 1.15 bits per heavy atom. The smallest absolute Gasteiger partial charge is 0.270 e. The fourth-order valence-electron chi connectivity index (χ4n) is 4.22. The first kappa shape index (κ1) is 23.7. The van der Waals surface area contributed by atoms with Gasteiger partial charge in [0.1, 0.15) is 11.5 Å². The zero-order chi connectivity index (χ0) is 23.4. The molecule has 1 unspecified atom stereocenters. The van der Waals surface area contributed by atoms with Crippen LogP contribution in [0.1, 0.15) is 43.1 Å². The van der Waals surface area contributed by atoms with Gasteiger partial charge in [0.05, 0.1) is 21.4 Å². The number of piperidine rings is 1. The second kappa shape index (κ2) is 10.7. The largest absolute Gasteiger partial charge is 0.351 e. The number of likely N-dealkylation sites (tertiary alicyclic amines) is 1.